The van der Waals surface area contributed by atoms with Gasteiger partial charge in [-0.3, -0.25) is 4.99 Å². The van der Waals surface area contributed by atoms with E-state index in [4.69, 9.17) is 5.11 Å². The number of carboxylic acid groups (broad SMARTS) is 1. The fraction of sp³-hybridized carbons (Fsp3) is 0.750. The van der Waals surface area contributed by atoms with Gasteiger partial charge in [0.2, 0.25) is 0 Å². The molecule has 0 spiro atoms. The minimum Gasteiger partial charge on any atom is -0.480 e. The van der Waals surface area contributed by atoms with E-state index in [1.807, 2.05) is 0 Å². The smallest absolute Gasteiger partial charge is 0.328 e. The summed E-state index contributed by atoms with van der Waals surface area (Å²) in [5.74, 6) is -0.829. The number of aliphatic carboxylic acids is 1. The summed E-state index contributed by atoms with van der Waals surface area (Å²) in [4.78, 5) is 14.5. The lowest BCUT2D eigenvalue weighted by Gasteiger charge is -2.00. The molecule has 1 aliphatic rings. The van der Waals surface area contributed by atoms with Crippen molar-refractivity contribution in [2.24, 2.45) is 4.99 Å². The Bertz CT molecular complexity index is 179. The van der Waals surface area contributed by atoms with Gasteiger partial charge in [0, 0.05) is 5.71 Å². The van der Waals surface area contributed by atoms with Crippen LogP contribution >= 0.6 is 0 Å². The minimum atomic E-state index is -0.829. The van der Waals surface area contributed by atoms with Crippen molar-refractivity contribution in [2.75, 3.05) is 0 Å². The first-order valence-electron chi connectivity index (χ1n) is 3.98. The number of carboxylic acids is 1. The maximum atomic E-state index is 10.4. The van der Waals surface area contributed by atoms with Crippen molar-refractivity contribution in [2.45, 2.75) is 38.6 Å². The van der Waals surface area contributed by atoms with Crippen LogP contribution in [0.5, 0.6) is 0 Å². The molecule has 1 atom stereocenters. The van der Waals surface area contributed by atoms with Crippen LogP contribution in [0, 0.1) is 0 Å². The van der Waals surface area contributed by atoms with Gasteiger partial charge >= 0.3 is 5.97 Å². The lowest BCUT2D eigenvalue weighted by molar-refractivity contribution is -0.137. The Morgan fingerprint density at radius 1 is 1.55 bits per heavy atom. The van der Waals surface area contributed by atoms with Crippen molar-refractivity contribution in [3.05, 3.63) is 0 Å². The average molecular weight is 155 g/mol. The van der Waals surface area contributed by atoms with Crippen LogP contribution in [0.4, 0.5) is 0 Å². The van der Waals surface area contributed by atoms with Crippen LogP contribution in [0.15, 0.2) is 4.99 Å². The molecule has 3 nitrogen and oxygen atoms in total. The zero-order chi connectivity index (χ0) is 8.27. The zero-order valence-electron chi connectivity index (χ0n) is 6.71. The molecule has 3 heteroatoms. The van der Waals surface area contributed by atoms with Gasteiger partial charge in [-0.1, -0.05) is 0 Å². The van der Waals surface area contributed by atoms with E-state index >= 15 is 0 Å². The van der Waals surface area contributed by atoms with Gasteiger partial charge in [0.1, 0.15) is 6.04 Å². The Labute approximate surface area is 66.1 Å². The Morgan fingerprint density at radius 2 is 2.09 bits per heavy atom. The SMILES string of the molecule is C[C@H](N=C1CCCC1)C(=O)O. The predicted octanol–water partition coefficient (Wildman–Crippen LogP) is 1.47. The van der Waals surface area contributed by atoms with Gasteiger partial charge in [0.15, 0.2) is 0 Å². The molecular formula is C8H13NO2. The fourth-order valence-corrected chi connectivity index (χ4v) is 1.24. The molecule has 0 radical (unpaired) electrons. The van der Waals surface area contributed by atoms with Crippen LogP contribution in [0.3, 0.4) is 0 Å². The molecule has 0 aromatic heterocycles. The van der Waals surface area contributed by atoms with Crippen molar-refractivity contribution < 1.29 is 9.90 Å². The standard InChI is InChI=1S/C8H13NO2/c1-6(8(10)11)9-7-4-2-3-5-7/h6H,2-5H2,1H3,(H,10,11)/t6-/m0/s1. The van der Waals surface area contributed by atoms with E-state index < -0.39 is 12.0 Å². The van der Waals surface area contributed by atoms with Crippen LogP contribution in [0.25, 0.3) is 0 Å². The van der Waals surface area contributed by atoms with Crippen molar-refractivity contribution >= 4 is 11.7 Å². The number of nitrogens with zero attached hydrogens (tertiary/aromatic N) is 1. The van der Waals surface area contributed by atoms with Gasteiger partial charge in [0.25, 0.3) is 0 Å². The fourth-order valence-electron chi connectivity index (χ4n) is 1.24. The number of hydrogen-bond donors (Lipinski definition) is 1. The summed E-state index contributed by atoms with van der Waals surface area (Å²) in [6.07, 6.45) is 4.34. The summed E-state index contributed by atoms with van der Waals surface area (Å²) in [5.41, 5.74) is 1.08. The average Bonchev–Trinajstić information content (AvgIpc) is 2.39. The maximum Gasteiger partial charge on any atom is 0.328 e. The summed E-state index contributed by atoms with van der Waals surface area (Å²) >= 11 is 0. The highest BCUT2D eigenvalue weighted by Crippen LogP contribution is 2.15. The van der Waals surface area contributed by atoms with Crippen LogP contribution in [0.1, 0.15) is 32.6 Å². The Kier molecular flexibility index (Phi) is 2.63. The Hall–Kier alpha value is -0.860. The van der Waals surface area contributed by atoms with Gasteiger partial charge < -0.3 is 5.11 Å². The molecule has 0 unspecified atom stereocenters. The van der Waals surface area contributed by atoms with Crippen LogP contribution in [-0.4, -0.2) is 22.8 Å². The van der Waals surface area contributed by atoms with Crippen molar-refractivity contribution in [1.82, 2.24) is 0 Å². The summed E-state index contributed by atoms with van der Waals surface area (Å²) in [6.45, 7) is 1.62. The molecule has 1 saturated carbocycles. The molecule has 0 amide bonds. The van der Waals surface area contributed by atoms with Gasteiger partial charge in [0.05, 0.1) is 0 Å². The van der Waals surface area contributed by atoms with Gasteiger partial charge in [-0.2, -0.15) is 0 Å². The molecule has 1 aliphatic carbocycles. The number of hydrogen-bond acceptors (Lipinski definition) is 2. The molecule has 11 heavy (non-hydrogen) atoms. The summed E-state index contributed by atoms with van der Waals surface area (Å²) in [7, 11) is 0. The molecule has 0 aromatic carbocycles. The molecule has 0 saturated heterocycles. The van der Waals surface area contributed by atoms with Crippen molar-refractivity contribution in [1.29, 1.82) is 0 Å². The summed E-state index contributed by atoms with van der Waals surface area (Å²) in [5, 5.41) is 8.54. The molecular weight excluding hydrogens is 142 g/mol. The van der Waals surface area contributed by atoms with E-state index in [-0.39, 0.29) is 0 Å². The van der Waals surface area contributed by atoms with Gasteiger partial charge in [-0.05, 0) is 32.6 Å². The third-order valence-corrected chi connectivity index (χ3v) is 1.91. The van der Waals surface area contributed by atoms with E-state index in [1.165, 1.54) is 12.8 Å². The zero-order valence-corrected chi connectivity index (χ0v) is 6.71. The molecule has 0 aliphatic heterocycles. The quantitative estimate of drug-likeness (QED) is 0.656. The molecule has 1 fully saturated rings. The van der Waals surface area contributed by atoms with Gasteiger partial charge in [-0.15, -0.1) is 0 Å². The third kappa shape index (κ3) is 2.33. The first-order chi connectivity index (χ1) is 5.20. The second kappa shape index (κ2) is 3.51. The van der Waals surface area contributed by atoms with Crippen LogP contribution < -0.4 is 0 Å². The highest BCUT2D eigenvalue weighted by Gasteiger charge is 2.13. The molecule has 1 N–H and O–H groups in total. The van der Waals surface area contributed by atoms with E-state index in [9.17, 15) is 4.79 Å². The maximum absolute atomic E-state index is 10.4. The largest absolute Gasteiger partial charge is 0.480 e. The number of rotatable bonds is 2. The Balaban J connectivity index is 2.49. The van der Waals surface area contributed by atoms with E-state index in [2.05, 4.69) is 4.99 Å². The van der Waals surface area contributed by atoms with Crippen LogP contribution in [0.2, 0.25) is 0 Å². The second-order valence-electron chi connectivity index (χ2n) is 2.92. The topological polar surface area (TPSA) is 49.7 Å². The second-order valence-corrected chi connectivity index (χ2v) is 2.92. The lowest BCUT2D eigenvalue weighted by atomic mass is 10.3. The monoisotopic (exact) mass is 155 g/mol. The predicted molar refractivity (Wildman–Crippen MR) is 43.0 cm³/mol. The van der Waals surface area contributed by atoms with Crippen molar-refractivity contribution in [3.8, 4) is 0 Å². The molecule has 62 valence electrons. The third-order valence-electron chi connectivity index (χ3n) is 1.91. The first kappa shape index (κ1) is 8.24. The molecule has 1 rings (SSSR count). The normalized spacial score (nSPS) is 19.9. The van der Waals surface area contributed by atoms with E-state index in [0.717, 1.165) is 18.6 Å². The van der Waals surface area contributed by atoms with Crippen molar-refractivity contribution in [3.63, 3.8) is 0 Å². The Morgan fingerprint density at radius 3 is 2.55 bits per heavy atom. The van der Waals surface area contributed by atoms with E-state index in [0.29, 0.717) is 0 Å². The van der Waals surface area contributed by atoms with E-state index in [1.54, 1.807) is 6.92 Å². The molecule has 0 heterocycles. The molecule has 0 aromatic rings. The number of carbonyl (C=O) groups is 1. The summed E-state index contributed by atoms with van der Waals surface area (Å²) in [6, 6.07) is -0.553. The number of aliphatic imine (C=N–C) groups is 1. The minimum absolute atomic E-state index is 0.553. The van der Waals surface area contributed by atoms with Crippen LogP contribution in [-0.2, 0) is 4.79 Å². The lowest BCUT2D eigenvalue weighted by Crippen LogP contribution is -2.14. The first-order valence-corrected chi connectivity index (χ1v) is 3.98. The highest BCUT2D eigenvalue weighted by molar-refractivity contribution is 5.88. The summed E-state index contributed by atoms with van der Waals surface area (Å²) < 4.78 is 0. The highest BCUT2D eigenvalue weighted by atomic mass is 16.4. The molecule has 0 bridgehead atoms. The van der Waals surface area contributed by atoms with Gasteiger partial charge in [-0.25, -0.2) is 4.79 Å².